The van der Waals surface area contributed by atoms with Gasteiger partial charge in [-0.1, -0.05) is 32.0 Å². The molecular weight excluding hydrogens is 296 g/mol. The highest BCUT2D eigenvalue weighted by Gasteiger charge is 2.40. The molecule has 23 heavy (non-hydrogen) atoms. The second kappa shape index (κ2) is 7.46. The quantitative estimate of drug-likeness (QED) is 0.891. The third-order valence-electron chi connectivity index (χ3n) is 3.76. The lowest BCUT2D eigenvalue weighted by atomic mass is 10.1. The fourth-order valence-electron chi connectivity index (χ4n) is 2.51. The Morgan fingerprint density at radius 2 is 2.09 bits per heavy atom. The van der Waals surface area contributed by atoms with Gasteiger partial charge in [0.25, 0.3) is 0 Å². The van der Waals surface area contributed by atoms with Crippen molar-refractivity contribution in [1.82, 2.24) is 4.90 Å². The van der Waals surface area contributed by atoms with Gasteiger partial charge < -0.3 is 15.2 Å². The fraction of sp³-hybridized carbons (Fsp3) is 0.529. The van der Waals surface area contributed by atoms with Crippen LogP contribution in [0.2, 0.25) is 0 Å². The summed E-state index contributed by atoms with van der Waals surface area (Å²) in [4.78, 5) is 25.9. The maximum absolute atomic E-state index is 12.5. The lowest BCUT2D eigenvalue weighted by Gasteiger charge is -2.23. The Morgan fingerprint density at radius 1 is 1.39 bits per heavy atom. The Morgan fingerprint density at radius 3 is 2.74 bits per heavy atom. The average Bonchev–Trinajstić information content (AvgIpc) is 2.89. The Labute approximate surface area is 136 Å². The number of ether oxygens (including phenoxy) is 1. The van der Waals surface area contributed by atoms with E-state index in [1.165, 1.54) is 4.90 Å². The second-order valence-corrected chi connectivity index (χ2v) is 6.33. The van der Waals surface area contributed by atoms with Crippen LogP contribution >= 0.6 is 0 Å². The molecule has 2 amide bonds. The summed E-state index contributed by atoms with van der Waals surface area (Å²) in [6.45, 7) is 6.18. The van der Waals surface area contributed by atoms with Crippen molar-refractivity contribution >= 4 is 17.7 Å². The SMILES string of the molecule is Cc1ccccc1NC(=O)[C@@H]1C[C@H](O)CN1C(=O)OCC(C)C. The van der Waals surface area contributed by atoms with E-state index in [9.17, 15) is 14.7 Å². The van der Waals surface area contributed by atoms with Crippen LogP contribution in [-0.4, -0.2) is 47.3 Å². The van der Waals surface area contributed by atoms with Crippen molar-refractivity contribution in [3.63, 3.8) is 0 Å². The van der Waals surface area contributed by atoms with E-state index in [1.807, 2.05) is 39.0 Å². The minimum Gasteiger partial charge on any atom is -0.449 e. The average molecular weight is 320 g/mol. The molecule has 2 atom stereocenters. The maximum Gasteiger partial charge on any atom is 0.410 e. The van der Waals surface area contributed by atoms with Gasteiger partial charge in [0, 0.05) is 12.1 Å². The number of aliphatic hydroxyl groups is 1. The maximum atomic E-state index is 12.5. The Hall–Kier alpha value is -2.08. The minimum atomic E-state index is -0.718. The predicted molar refractivity (Wildman–Crippen MR) is 87.1 cm³/mol. The first kappa shape index (κ1) is 17.3. The molecule has 126 valence electrons. The lowest BCUT2D eigenvalue weighted by molar-refractivity contribution is -0.120. The van der Waals surface area contributed by atoms with Crippen molar-refractivity contribution < 1.29 is 19.4 Å². The second-order valence-electron chi connectivity index (χ2n) is 6.33. The summed E-state index contributed by atoms with van der Waals surface area (Å²) in [5.41, 5.74) is 1.64. The molecule has 2 rings (SSSR count). The Bertz CT molecular complexity index is 573. The van der Waals surface area contributed by atoms with Crippen LogP contribution in [0.4, 0.5) is 10.5 Å². The number of hydrogen-bond acceptors (Lipinski definition) is 4. The first-order valence-electron chi connectivity index (χ1n) is 7.86. The zero-order valence-electron chi connectivity index (χ0n) is 13.8. The first-order chi connectivity index (χ1) is 10.9. The summed E-state index contributed by atoms with van der Waals surface area (Å²) < 4.78 is 5.19. The molecule has 6 nitrogen and oxygen atoms in total. The van der Waals surface area contributed by atoms with E-state index in [2.05, 4.69) is 5.32 Å². The van der Waals surface area contributed by atoms with Crippen LogP contribution in [0, 0.1) is 12.8 Å². The number of anilines is 1. The van der Waals surface area contributed by atoms with Crippen LogP contribution in [-0.2, 0) is 9.53 Å². The third kappa shape index (κ3) is 4.45. The van der Waals surface area contributed by atoms with Crippen LogP contribution in [0.1, 0.15) is 25.8 Å². The summed E-state index contributed by atoms with van der Waals surface area (Å²) in [6.07, 6.45) is -1.05. The van der Waals surface area contributed by atoms with Crippen LogP contribution in [0.5, 0.6) is 0 Å². The lowest BCUT2D eigenvalue weighted by Crippen LogP contribution is -2.43. The zero-order chi connectivity index (χ0) is 17.0. The van der Waals surface area contributed by atoms with Gasteiger partial charge in [-0.15, -0.1) is 0 Å². The van der Waals surface area contributed by atoms with E-state index in [0.29, 0.717) is 5.69 Å². The van der Waals surface area contributed by atoms with E-state index < -0.39 is 18.2 Å². The predicted octanol–water partition coefficient (Wildman–Crippen LogP) is 2.16. The molecule has 0 aromatic heterocycles. The molecule has 6 heteroatoms. The summed E-state index contributed by atoms with van der Waals surface area (Å²) >= 11 is 0. The first-order valence-corrected chi connectivity index (χ1v) is 7.86. The topological polar surface area (TPSA) is 78.9 Å². The highest BCUT2D eigenvalue weighted by molar-refractivity contribution is 5.97. The largest absolute Gasteiger partial charge is 0.449 e. The monoisotopic (exact) mass is 320 g/mol. The molecule has 1 heterocycles. The number of para-hydroxylation sites is 1. The number of nitrogens with one attached hydrogen (secondary N) is 1. The third-order valence-corrected chi connectivity index (χ3v) is 3.76. The van der Waals surface area contributed by atoms with Crippen molar-refractivity contribution in [2.75, 3.05) is 18.5 Å². The number of nitrogens with zero attached hydrogens (tertiary/aromatic N) is 1. The van der Waals surface area contributed by atoms with Gasteiger partial charge in [0.1, 0.15) is 6.04 Å². The van der Waals surface area contributed by atoms with Crippen molar-refractivity contribution in [3.05, 3.63) is 29.8 Å². The molecule has 0 spiro atoms. The standard InChI is InChI=1S/C17H24N2O4/c1-11(2)10-23-17(22)19-9-13(20)8-15(19)16(21)18-14-7-5-4-6-12(14)3/h4-7,11,13,15,20H,8-10H2,1-3H3,(H,18,21)/t13-,15-/m0/s1. The molecular formula is C17H24N2O4. The summed E-state index contributed by atoms with van der Waals surface area (Å²) in [5, 5.41) is 12.7. The highest BCUT2D eigenvalue weighted by Crippen LogP contribution is 2.22. The number of carbonyl (C=O) groups excluding carboxylic acids is 2. The van der Waals surface area contributed by atoms with Crippen LogP contribution < -0.4 is 5.32 Å². The highest BCUT2D eigenvalue weighted by atomic mass is 16.6. The van der Waals surface area contributed by atoms with Gasteiger partial charge >= 0.3 is 6.09 Å². The van der Waals surface area contributed by atoms with Crippen LogP contribution in [0.15, 0.2) is 24.3 Å². The molecule has 1 aliphatic heterocycles. The van der Waals surface area contributed by atoms with Gasteiger partial charge in [0.05, 0.1) is 19.3 Å². The number of aliphatic hydroxyl groups excluding tert-OH is 1. The van der Waals surface area contributed by atoms with Crippen molar-refractivity contribution in [3.8, 4) is 0 Å². The van der Waals surface area contributed by atoms with Gasteiger partial charge in [0.15, 0.2) is 0 Å². The summed E-state index contributed by atoms with van der Waals surface area (Å²) in [5.74, 6) is -0.0944. The van der Waals surface area contributed by atoms with Crippen molar-refractivity contribution in [2.45, 2.75) is 39.3 Å². The van der Waals surface area contributed by atoms with Crippen LogP contribution in [0.3, 0.4) is 0 Å². The van der Waals surface area contributed by atoms with Crippen LogP contribution in [0.25, 0.3) is 0 Å². The normalized spacial score (nSPS) is 20.7. The van der Waals surface area contributed by atoms with E-state index in [0.717, 1.165) is 5.56 Å². The number of β-amino-alcohol motifs (C(OH)–C–C–N with tert-alkyl or cyclic N) is 1. The number of carbonyl (C=O) groups is 2. The van der Waals surface area contributed by atoms with Gasteiger partial charge in [-0.05, 0) is 24.5 Å². The molecule has 1 fully saturated rings. The number of likely N-dealkylation sites (tertiary alicyclic amines) is 1. The van der Waals surface area contributed by atoms with Gasteiger partial charge in [-0.2, -0.15) is 0 Å². The fourth-order valence-corrected chi connectivity index (χ4v) is 2.51. The van der Waals surface area contributed by atoms with E-state index in [-0.39, 0.29) is 31.4 Å². The molecule has 1 aromatic carbocycles. The molecule has 0 radical (unpaired) electrons. The molecule has 0 saturated carbocycles. The zero-order valence-corrected chi connectivity index (χ0v) is 13.8. The van der Waals surface area contributed by atoms with E-state index in [4.69, 9.17) is 4.74 Å². The Balaban J connectivity index is 2.05. The van der Waals surface area contributed by atoms with Gasteiger partial charge in [-0.25, -0.2) is 4.79 Å². The van der Waals surface area contributed by atoms with Gasteiger partial charge in [-0.3, -0.25) is 9.69 Å². The molecule has 0 bridgehead atoms. The number of amides is 2. The summed E-state index contributed by atoms with van der Waals surface area (Å²) in [6, 6.07) is 6.71. The Kier molecular flexibility index (Phi) is 5.60. The smallest absolute Gasteiger partial charge is 0.410 e. The molecule has 1 aliphatic rings. The van der Waals surface area contributed by atoms with Gasteiger partial charge in [0.2, 0.25) is 5.91 Å². The molecule has 2 N–H and O–H groups in total. The van der Waals surface area contributed by atoms with E-state index >= 15 is 0 Å². The number of benzene rings is 1. The molecule has 0 unspecified atom stereocenters. The number of rotatable bonds is 4. The number of aryl methyl sites for hydroxylation is 1. The van der Waals surface area contributed by atoms with Crippen molar-refractivity contribution in [1.29, 1.82) is 0 Å². The van der Waals surface area contributed by atoms with E-state index in [1.54, 1.807) is 6.07 Å². The molecule has 0 aliphatic carbocycles. The van der Waals surface area contributed by atoms with Crippen molar-refractivity contribution in [2.24, 2.45) is 5.92 Å². The number of hydrogen-bond donors (Lipinski definition) is 2. The molecule has 1 aromatic rings. The summed E-state index contributed by atoms with van der Waals surface area (Å²) in [7, 11) is 0. The minimum absolute atomic E-state index is 0.114. The molecule has 1 saturated heterocycles.